The van der Waals surface area contributed by atoms with Crippen LogP contribution in [-0.2, 0) is 16.0 Å². The van der Waals surface area contributed by atoms with Gasteiger partial charge < -0.3 is 15.2 Å². The molecule has 0 saturated heterocycles. The highest BCUT2D eigenvalue weighted by atomic mass is 16.5. The molecule has 0 fully saturated rings. The summed E-state index contributed by atoms with van der Waals surface area (Å²) in [6, 6.07) is 9.52. The van der Waals surface area contributed by atoms with Gasteiger partial charge in [0, 0.05) is 11.1 Å². The molecular weight excluding hydrogens is 268 g/mol. The number of benzene rings is 1. The SMILES string of the molecule is COC(=O)Cc1cc(NC(C)(C)CO)c2ccccc2n1. The molecule has 5 nitrogen and oxygen atoms in total. The number of anilines is 1. The molecule has 0 saturated carbocycles. The van der Waals surface area contributed by atoms with Gasteiger partial charge in [-0.3, -0.25) is 9.78 Å². The van der Waals surface area contributed by atoms with Gasteiger partial charge in [-0.2, -0.15) is 0 Å². The normalized spacial score (nSPS) is 11.4. The quantitative estimate of drug-likeness (QED) is 0.825. The number of para-hydroxylation sites is 1. The van der Waals surface area contributed by atoms with Crippen LogP contribution in [0.25, 0.3) is 10.9 Å². The van der Waals surface area contributed by atoms with Crippen molar-refractivity contribution in [2.75, 3.05) is 19.0 Å². The van der Waals surface area contributed by atoms with Crippen LogP contribution < -0.4 is 5.32 Å². The molecule has 1 aromatic heterocycles. The average Bonchev–Trinajstić information content (AvgIpc) is 2.47. The first-order chi connectivity index (χ1) is 9.95. The van der Waals surface area contributed by atoms with Crippen LogP contribution in [-0.4, -0.2) is 35.3 Å². The van der Waals surface area contributed by atoms with Crippen LogP contribution in [0.5, 0.6) is 0 Å². The van der Waals surface area contributed by atoms with E-state index in [1.54, 1.807) is 0 Å². The molecule has 0 aliphatic rings. The maximum atomic E-state index is 11.4. The Bertz CT molecular complexity index is 653. The second-order valence-electron chi connectivity index (χ2n) is 5.60. The molecule has 0 aliphatic heterocycles. The first-order valence-corrected chi connectivity index (χ1v) is 6.80. The Morgan fingerprint density at radius 1 is 1.38 bits per heavy atom. The van der Waals surface area contributed by atoms with Gasteiger partial charge in [-0.1, -0.05) is 18.2 Å². The fourth-order valence-electron chi connectivity index (χ4n) is 2.05. The van der Waals surface area contributed by atoms with Crippen LogP contribution in [0.1, 0.15) is 19.5 Å². The minimum atomic E-state index is -0.466. The number of hydrogen-bond donors (Lipinski definition) is 2. The number of carbonyl (C=O) groups is 1. The van der Waals surface area contributed by atoms with Crippen molar-refractivity contribution in [2.45, 2.75) is 25.8 Å². The summed E-state index contributed by atoms with van der Waals surface area (Å²) >= 11 is 0. The molecular formula is C16H20N2O3. The van der Waals surface area contributed by atoms with E-state index in [1.165, 1.54) is 7.11 Å². The number of carbonyl (C=O) groups excluding carboxylic acids is 1. The number of rotatable bonds is 5. The molecule has 0 amide bonds. The molecule has 0 bridgehead atoms. The summed E-state index contributed by atoms with van der Waals surface area (Å²) < 4.78 is 4.69. The largest absolute Gasteiger partial charge is 0.469 e. The highest BCUT2D eigenvalue weighted by Crippen LogP contribution is 2.26. The second kappa shape index (κ2) is 6.10. The van der Waals surface area contributed by atoms with Gasteiger partial charge in [-0.25, -0.2) is 0 Å². The van der Waals surface area contributed by atoms with Gasteiger partial charge in [0.25, 0.3) is 0 Å². The Morgan fingerprint density at radius 2 is 2.10 bits per heavy atom. The molecule has 0 aliphatic carbocycles. The van der Waals surface area contributed by atoms with E-state index in [-0.39, 0.29) is 19.0 Å². The van der Waals surface area contributed by atoms with Crippen LogP contribution in [0, 0.1) is 0 Å². The molecule has 5 heteroatoms. The zero-order valence-electron chi connectivity index (χ0n) is 12.5. The number of nitrogens with zero attached hydrogens (tertiary/aromatic N) is 1. The van der Waals surface area contributed by atoms with Crippen molar-refractivity contribution in [2.24, 2.45) is 0 Å². The van der Waals surface area contributed by atoms with E-state index in [9.17, 15) is 9.90 Å². The smallest absolute Gasteiger partial charge is 0.311 e. The third-order valence-corrected chi connectivity index (χ3v) is 3.19. The monoisotopic (exact) mass is 288 g/mol. The first kappa shape index (κ1) is 15.3. The summed E-state index contributed by atoms with van der Waals surface area (Å²) in [5, 5.41) is 13.7. The third-order valence-electron chi connectivity index (χ3n) is 3.19. The van der Waals surface area contributed by atoms with E-state index in [1.807, 2.05) is 44.2 Å². The number of fused-ring (bicyclic) bond motifs is 1. The van der Waals surface area contributed by atoms with Crippen molar-refractivity contribution in [3.63, 3.8) is 0 Å². The van der Waals surface area contributed by atoms with E-state index in [2.05, 4.69) is 15.0 Å². The molecule has 2 N–H and O–H groups in total. The highest BCUT2D eigenvalue weighted by Gasteiger charge is 2.18. The maximum Gasteiger partial charge on any atom is 0.311 e. The van der Waals surface area contributed by atoms with Crippen LogP contribution >= 0.6 is 0 Å². The molecule has 0 atom stereocenters. The molecule has 0 radical (unpaired) electrons. The minimum Gasteiger partial charge on any atom is -0.469 e. The number of aliphatic hydroxyl groups is 1. The Kier molecular flexibility index (Phi) is 4.43. The molecule has 112 valence electrons. The number of methoxy groups -OCH3 is 1. The highest BCUT2D eigenvalue weighted by molar-refractivity contribution is 5.92. The van der Waals surface area contributed by atoms with Gasteiger partial charge >= 0.3 is 5.97 Å². The van der Waals surface area contributed by atoms with Crippen LogP contribution in [0.4, 0.5) is 5.69 Å². The summed E-state index contributed by atoms with van der Waals surface area (Å²) in [6.07, 6.45) is 0.121. The first-order valence-electron chi connectivity index (χ1n) is 6.80. The minimum absolute atomic E-state index is 0.00398. The van der Waals surface area contributed by atoms with E-state index in [4.69, 9.17) is 0 Å². The third kappa shape index (κ3) is 3.70. The molecule has 1 aromatic carbocycles. The lowest BCUT2D eigenvalue weighted by Crippen LogP contribution is -2.35. The average molecular weight is 288 g/mol. The van der Waals surface area contributed by atoms with Crippen molar-refractivity contribution < 1.29 is 14.6 Å². The van der Waals surface area contributed by atoms with E-state index >= 15 is 0 Å². The summed E-state index contributed by atoms with van der Waals surface area (Å²) in [7, 11) is 1.36. The van der Waals surface area contributed by atoms with Gasteiger partial charge in [0.2, 0.25) is 0 Å². The number of esters is 1. The molecule has 1 heterocycles. The Hall–Kier alpha value is -2.14. The lowest BCUT2D eigenvalue weighted by atomic mass is 10.0. The molecule has 0 spiro atoms. The van der Waals surface area contributed by atoms with Crippen molar-refractivity contribution in [3.8, 4) is 0 Å². The zero-order valence-corrected chi connectivity index (χ0v) is 12.5. The van der Waals surface area contributed by atoms with Gasteiger partial charge in [0.15, 0.2) is 0 Å². The number of aliphatic hydroxyl groups excluding tert-OH is 1. The zero-order chi connectivity index (χ0) is 15.5. The van der Waals surface area contributed by atoms with Crippen molar-refractivity contribution in [1.29, 1.82) is 0 Å². The Morgan fingerprint density at radius 3 is 2.76 bits per heavy atom. The van der Waals surface area contributed by atoms with Crippen LogP contribution in [0.2, 0.25) is 0 Å². The molecule has 0 unspecified atom stereocenters. The molecule has 21 heavy (non-hydrogen) atoms. The predicted octanol–water partition coefficient (Wildman–Crippen LogP) is 2.13. The summed E-state index contributed by atoms with van der Waals surface area (Å²) in [5.74, 6) is -0.329. The number of aromatic nitrogens is 1. The predicted molar refractivity (Wildman–Crippen MR) is 82.3 cm³/mol. The fraction of sp³-hybridized carbons (Fsp3) is 0.375. The standard InChI is InChI=1S/C16H20N2O3/c1-16(2,10-19)18-14-8-11(9-15(20)21-3)17-13-7-5-4-6-12(13)14/h4-8,19H,9-10H2,1-3H3,(H,17,18). The van der Waals surface area contributed by atoms with Gasteiger partial charge in [-0.15, -0.1) is 0 Å². The lowest BCUT2D eigenvalue weighted by molar-refractivity contribution is -0.139. The maximum absolute atomic E-state index is 11.4. The van der Waals surface area contributed by atoms with E-state index in [0.29, 0.717) is 5.69 Å². The van der Waals surface area contributed by atoms with E-state index in [0.717, 1.165) is 16.6 Å². The fourth-order valence-corrected chi connectivity index (χ4v) is 2.05. The van der Waals surface area contributed by atoms with Crippen molar-refractivity contribution in [1.82, 2.24) is 4.98 Å². The summed E-state index contributed by atoms with van der Waals surface area (Å²) in [5.41, 5.74) is 1.82. The van der Waals surface area contributed by atoms with Crippen molar-refractivity contribution >= 4 is 22.6 Å². The Balaban J connectivity index is 2.47. The number of hydrogen-bond acceptors (Lipinski definition) is 5. The van der Waals surface area contributed by atoms with Gasteiger partial charge in [0.05, 0.1) is 36.9 Å². The number of ether oxygens (including phenoxy) is 1. The van der Waals surface area contributed by atoms with Crippen LogP contribution in [0.3, 0.4) is 0 Å². The number of nitrogens with one attached hydrogen (secondary N) is 1. The topological polar surface area (TPSA) is 71.5 Å². The second-order valence-corrected chi connectivity index (χ2v) is 5.60. The Labute approximate surface area is 124 Å². The molecule has 2 rings (SSSR count). The van der Waals surface area contributed by atoms with Crippen molar-refractivity contribution in [3.05, 3.63) is 36.0 Å². The summed E-state index contributed by atoms with van der Waals surface area (Å²) in [4.78, 5) is 15.9. The summed E-state index contributed by atoms with van der Waals surface area (Å²) in [6.45, 7) is 3.81. The molecule has 2 aromatic rings. The number of pyridine rings is 1. The van der Waals surface area contributed by atoms with E-state index < -0.39 is 5.54 Å². The van der Waals surface area contributed by atoms with Crippen LogP contribution in [0.15, 0.2) is 30.3 Å². The van der Waals surface area contributed by atoms with Gasteiger partial charge in [-0.05, 0) is 26.0 Å². The lowest BCUT2D eigenvalue weighted by Gasteiger charge is -2.26. The van der Waals surface area contributed by atoms with Gasteiger partial charge in [0.1, 0.15) is 0 Å².